The number of hydrogen-bond donors (Lipinski definition) is 0. The largest absolute Gasteiger partial charge is 1.00 e. The highest BCUT2D eigenvalue weighted by atomic mass is 35.5. The van der Waals surface area contributed by atoms with Crippen LogP contribution in [0.25, 0.3) is 32.9 Å². The zero-order valence-corrected chi connectivity index (χ0v) is 14.2. The van der Waals surface area contributed by atoms with Crippen LogP contribution in [0.5, 0.6) is 0 Å². The molecule has 0 unspecified atom stereocenters. The summed E-state index contributed by atoms with van der Waals surface area (Å²) in [6.45, 7) is 0. The van der Waals surface area contributed by atoms with Crippen LogP contribution in [0.1, 0.15) is 0 Å². The Balaban J connectivity index is 0.00000135. The average molecular weight is 336 g/mol. The Bertz CT molecular complexity index is 1070. The van der Waals surface area contributed by atoms with E-state index in [-0.39, 0.29) is 12.4 Å². The fourth-order valence-corrected chi connectivity index (χ4v) is 4.75. The summed E-state index contributed by atoms with van der Waals surface area (Å²) >= 11 is 1.90. The quantitative estimate of drug-likeness (QED) is 0.309. The van der Waals surface area contributed by atoms with Gasteiger partial charge in [0.05, 0.1) is 10.8 Å². The maximum Gasteiger partial charge on any atom is 0.214 e. The Morgan fingerprint density at radius 2 is 1.43 bits per heavy atom. The van der Waals surface area contributed by atoms with E-state index < -0.39 is 0 Å². The number of pyridine rings is 1. The van der Waals surface area contributed by atoms with Gasteiger partial charge in [-0.1, -0.05) is 54.2 Å². The maximum absolute atomic E-state index is 2.31. The summed E-state index contributed by atoms with van der Waals surface area (Å²) in [5.41, 5.74) is 5.28. The van der Waals surface area contributed by atoms with Crippen molar-refractivity contribution in [3.05, 3.63) is 66.7 Å². The van der Waals surface area contributed by atoms with Gasteiger partial charge in [0.2, 0.25) is 11.0 Å². The van der Waals surface area contributed by atoms with Gasteiger partial charge >= 0.3 is 0 Å². The Hall–Kier alpha value is -2.03. The van der Waals surface area contributed by atoms with Crippen molar-refractivity contribution in [3.8, 4) is 11.1 Å². The van der Waals surface area contributed by atoms with Crippen molar-refractivity contribution in [1.29, 1.82) is 0 Å². The molecule has 0 radical (unpaired) electrons. The van der Waals surface area contributed by atoms with Crippen LogP contribution in [-0.4, -0.2) is 0 Å². The molecule has 0 amide bonds. The monoisotopic (exact) mass is 335 g/mol. The van der Waals surface area contributed by atoms with Crippen LogP contribution in [0.3, 0.4) is 0 Å². The minimum atomic E-state index is 0. The average Bonchev–Trinajstić information content (AvgIpc) is 2.59. The molecule has 0 bridgehead atoms. The van der Waals surface area contributed by atoms with Crippen molar-refractivity contribution in [2.45, 2.75) is 9.79 Å². The summed E-state index contributed by atoms with van der Waals surface area (Å²) in [5, 5.41) is 2.72. The fourth-order valence-electron chi connectivity index (χ4n) is 3.50. The first-order chi connectivity index (χ1) is 10.8. The third-order valence-corrected chi connectivity index (χ3v) is 5.73. The maximum atomic E-state index is 2.31. The van der Waals surface area contributed by atoms with E-state index in [4.69, 9.17) is 0 Å². The topological polar surface area (TPSA) is 3.88 Å². The molecule has 1 aromatic heterocycles. The molecule has 2 heterocycles. The molecular weight excluding hydrogens is 322 g/mol. The van der Waals surface area contributed by atoms with Gasteiger partial charge in [0.25, 0.3) is 0 Å². The van der Waals surface area contributed by atoms with Crippen LogP contribution in [0.2, 0.25) is 0 Å². The summed E-state index contributed by atoms with van der Waals surface area (Å²) in [6.07, 6.45) is 0. The Morgan fingerprint density at radius 3 is 2.35 bits per heavy atom. The molecule has 0 saturated heterocycles. The summed E-state index contributed by atoms with van der Waals surface area (Å²) < 4.78 is 2.31. The van der Waals surface area contributed by atoms with Crippen molar-refractivity contribution in [3.63, 3.8) is 0 Å². The van der Waals surface area contributed by atoms with E-state index in [0.717, 1.165) is 0 Å². The lowest BCUT2D eigenvalue weighted by Crippen LogP contribution is -3.00. The minimum Gasteiger partial charge on any atom is -1.00 e. The van der Waals surface area contributed by atoms with Crippen molar-refractivity contribution in [1.82, 2.24) is 0 Å². The summed E-state index contributed by atoms with van der Waals surface area (Å²) in [5.74, 6) is 0. The third kappa shape index (κ3) is 1.92. The van der Waals surface area contributed by atoms with Gasteiger partial charge in [-0.25, -0.2) is 0 Å². The molecule has 112 valence electrons. The summed E-state index contributed by atoms with van der Waals surface area (Å²) in [6, 6.07) is 24.1. The predicted molar refractivity (Wildman–Crippen MR) is 92.2 cm³/mol. The van der Waals surface area contributed by atoms with Gasteiger partial charge in [-0.3, -0.25) is 0 Å². The molecule has 0 aliphatic carbocycles. The standard InChI is InChI=1S/C20H14NS.ClH/c1-21-16-10-4-2-8-15(16)20-19-14(9-6-11-17(19)21)13-7-3-5-12-18(13)22-20;/h2-12H,1H3;1H/q+1;/p-1. The second-order valence-corrected chi connectivity index (χ2v) is 6.76. The number of rotatable bonds is 0. The Kier molecular flexibility index (Phi) is 3.33. The lowest BCUT2D eigenvalue weighted by molar-refractivity contribution is -0.617. The van der Waals surface area contributed by atoms with Crippen molar-refractivity contribution >= 4 is 33.6 Å². The highest BCUT2D eigenvalue weighted by Crippen LogP contribution is 2.49. The fraction of sp³-hybridized carbons (Fsp3) is 0.0500. The first-order valence-corrected chi connectivity index (χ1v) is 8.27. The smallest absolute Gasteiger partial charge is 0.214 e. The number of aromatic nitrogens is 1. The predicted octanol–water partition coefficient (Wildman–Crippen LogP) is 1.95. The molecule has 3 heteroatoms. The molecule has 23 heavy (non-hydrogen) atoms. The van der Waals surface area contributed by atoms with Crippen LogP contribution >= 0.6 is 11.8 Å². The van der Waals surface area contributed by atoms with E-state index in [9.17, 15) is 0 Å². The van der Waals surface area contributed by atoms with Crippen LogP contribution in [0, 0.1) is 0 Å². The molecule has 0 N–H and O–H groups in total. The van der Waals surface area contributed by atoms with E-state index in [1.165, 1.54) is 42.7 Å². The van der Waals surface area contributed by atoms with Gasteiger partial charge in [-0.05, 0) is 23.3 Å². The summed E-state index contributed by atoms with van der Waals surface area (Å²) in [7, 11) is 2.16. The Labute approximate surface area is 145 Å². The minimum absolute atomic E-state index is 0. The lowest BCUT2D eigenvalue weighted by Gasteiger charge is -2.20. The molecule has 0 spiro atoms. The van der Waals surface area contributed by atoms with Crippen molar-refractivity contribution in [2.75, 3.05) is 0 Å². The van der Waals surface area contributed by atoms with Crippen molar-refractivity contribution in [2.24, 2.45) is 7.05 Å². The third-order valence-electron chi connectivity index (χ3n) is 4.53. The SMILES string of the molecule is C[n+]1c2ccccc2c2c3c(cccc31)-c1ccccc1S2.[Cl-]. The van der Waals surface area contributed by atoms with E-state index in [1.54, 1.807) is 0 Å². The molecule has 1 aliphatic heterocycles. The normalized spacial score (nSPS) is 12.0. The molecule has 1 nitrogen and oxygen atoms in total. The van der Waals surface area contributed by atoms with Gasteiger partial charge in [-0.2, -0.15) is 4.57 Å². The molecule has 5 rings (SSSR count). The van der Waals surface area contributed by atoms with Crippen LogP contribution in [0.4, 0.5) is 0 Å². The molecule has 0 atom stereocenters. The van der Waals surface area contributed by atoms with Gasteiger partial charge < -0.3 is 12.4 Å². The second-order valence-electron chi connectivity index (χ2n) is 5.70. The zero-order valence-electron chi connectivity index (χ0n) is 12.6. The van der Waals surface area contributed by atoms with Crippen LogP contribution < -0.4 is 17.0 Å². The van der Waals surface area contributed by atoms with E-state index in [2.05, 4.69) is 78.3 Å². The zero-order chi connectivity index (χ0) is 14.7. The number of nitrogens with zero attached hydrogens (tertiary/aromatic N) is 1. The molecule has 0 saturated carbocycles. The van der Waals surface area contributed by atoms with E-state index >= 15 is 0 Å². The number of hydrogen-bond acceptors (Lipinski definition) is 1. The first kappa shape index (κ1) is 14.6. The number of halogens is 1. The number of aryl methyl sites for hydroxylation is 1. The van der Waals surface area contributed by atoms with Crippen LogP contribution in [0.15, 0.2) is 76.5 Å². The molecule has 0 fully saturated rings. The second kappa shape index (κ2) is 5.26. The first-order valence-electron chi connectivity index (χ1n) is 7.45. The molecular formula is C20H14ClNS. The number of benzene rings is 3. The van der Waals surface area contributed by atoms with Crippen LogP contribution in [-0.2, 0) is 7.05 Å². The van der Waals surface area contributed by atoms with E-state index in [0.29, 0.717) is 0 Å². The highest BCUT2D eigenvalue weighted by Gasteiger charge is 2.25. The Morgan fingerprint density at radius 1 is 0.739 bits per heavy atom. The van der Waals surface area contributed by atoms with Crippen molar-refractivity contribution < 1.29 is 17.0 Å². The van der Waals surface area contributed by atoms with Gasteiger partial charge in [-0.15, -0.1) is 0 Å². The summed E-state index contributed by atoms with van der Waals surface area (Å²) in [4.78, 5) is 2.74. The molecule has 3 aromatic carbocycles. The van der Waals surface area contributed by atoms with Gasteiger partial charge in [0, 0.05) is 21.9 Å². The van der Waals surface area contributed by atoms with Gasteiger partial charge in [0.15, 0.2) is 0 Å². The van der Waals surface area contributed by atoms with Gasteiger partial charge in [0.1, 0.15) is 7.05 Å². The van der Waals surface area contributed by atoms with E-state index in [1.807, 2.05) is 11.8 Å². The molecule has 4 aromatic rings. The highest BCUT2D eigenvalue weighted by molar-refractivity contribution is 8.00. The number of para-hydroxylation sites is 1. The molecule has 1 aliphatic rings. The lowest BCUT2D eigenvalue weighted by atomic mass is 9.98. The number of fused-ring (bicyclic) bond motifs is 4.